The largest absolute Gasteiger partial charge is 0.465 e. The standard InChI is InChI=1S/C24H17BrFN3O3S/c1-32-24(31)15-4-9-18(10-5-15)27-21(30)13-33-23-19-12-17(26)8-11-20(19)28-22(29-23)14-2-6-16(25)7-3-14/h2-12H,13H2,1H3,(H,27,30). The van der Waals surface area contributed by atoms with Crippen LogP contribution in [-0.2, 0) is 9.53 Å². The van der Waals surface area contributed by atoms with Gasteiger partial charge in [0.2, 0.25) is 5.91 Å². The average Bonchev–Trinajstić information content (AvgIpc) is 2.83. The van der Waals surface area contributed by atoms with Gasteiger partial charge in [0.05, 0.1) is 23.9 Å². The van der Waals surface area contributed by atoms with Gasteiger partial charge in [-0.2, -0.15) is 0 Å². The van der Waals surface area contributed by atoms with Crippen molar-refractivity contribution in [2.24, 2.45) is 0 Å². The Labute approximate surface area is 201 Å². The molecule has 0 atom stereocenters. The van der Waals surface area contributed by atoms with E-state index >= 15 is 0 Å². The van der Waals surface area contributed by atoms with Gasteiger partial charge < -0.3 is 10.1 Å². The fraction of sp³-hybridized carbons (Fsp3) is 0.0833. The Kier molecular flexibility index (Phi) is 7.00. The zero-order chi connectivity index (χ0) is 23.4. The van der Waals surface area contributed by atoms with Crippen LogP contribution in [0.1, 0.15) is 10.4 Å². The summed E-state index contributed by atoms with van der Waals surface area (Å²) in [6, 6.07) is 18.2. The van der Waals surface area contributed by atoms with Gasteiger partial charge in [-0.05, 0) is 54.6 Å². The summed E-state index contributed by atoms with van der Waals surface area (Å²) in [5, 5.41) is 3.82. The zero-order valence-electron chi connectivity index (χ0n) is 17.3. The first-order chi connectivity index (χ1) is 15.9. The number of rotatable bonds is 6. The Morgan fingerprint density at radius 3 is 2.45 bits per heavy atom. The molecule has 4 aromatic rings. The van der Waals surface area contributed by atoms with E-state index in [1.807, 2.05) is 24.3 Å². The fourth-order valence-corrected chi connectivity index (χ4v) is 4.12. The highest BCUT2D eigenvalue weighted by Crippen LogP contribution is 2.29. The van der Waals surface area contributed by atoms with Gasteiger partial charge in [-0.25, -0.2) is 19.2 Å². The number of aromatic nitrogens is 2. The van der Waals surface area contributed by atoms with Crippen LogP contribution in [-0.4, -0.2) is 34.7 Å². The van der Waals surface area contributed by atoms with Crippen LogP contribution >= 0.6 is 27.7 Å². The summed E-state index contributed by atoms with van der Waals surface area (Å²) >= 11 is 4.61. The number of esters is 1. The number of hydrogen-bond donors (Lipinski definition) is 1. The molecule has 3 aromatic carbocycles. The fourth-order valence-electron chi connectivity index (χ4n) is 3.05. The van der Waals surface area contributed by atoms with Crippen molar-refractivity contribution in [3.8, 4) is 11.4 Å². The Hall–Kier alpha value is -3.30. The molecule has 0 saturated heterocycles. The van der Waals surface area contributed by atoms with E-state index in [0.717, 1.165) is 10.0 Å². The van der Waals surface area contributed by atoms with Crippen molar-refractivity contribution in [3.63, 3.8) is 0 Å². The van der Waals surface area contributed by atoms with Crippen LogP contribution in [0.15, 0.2) is 76.2 Å². The van der Waals surface area contributed by atoms with E-state index in [1.54, 1.807) is 30.3 Å². The van der Waals surface area contributed by atoms with Crippen molar-refractivity contribution in [2.75, 3.05) is 18.2 Å². The molecule has 0 fully saturated rings. The number of thioether (sulfide) groups is 1. The second-order valence-corrected chi connectivity index (χ2v) is 8.81. The van der Waals surface area contributed by atoms with Crippen molar-refractivity contribution < 1.29 is 18.7 Å². The molecule has 33 heavy (non-hydrogen) atoms. The van der Waals surface area contributed by atoms with Crippen LogP contribution in [0.25, 0.3) is 22.3 Å². The molecular formula is C24H17BrFN3O3S. The number of carbonyl (C=O) groups excluding carboxylic acids is 2. The van der Waals surface area contributed by atoms with Crippen molar-refractivity contribution >= 4 is 56.2 Å². The van der Waals surface area contributed by atoms with E-state index < -0.39 is 11.8 Å². The predicted molar refractivity (Wildman–Crippen MR) is 130 cm³/mol. The number of nitrogens with one attached hydrogen (secondary N) is 1. The highest BCUT2D eigenvalue weighted by atomic mass is 79.9. The molecule has 0 aliphatic carbocycles. The molecule has 9 heteroatoms. The lowest BCUT2D eigenvalue weighted by Crippen LogP contribution is -2.14. The maximum Gasteiger partial charge on any atom is 0.337 e. The minimum atomic E-state index is -0.451. The molecule has 0 spiro atoms. The van der Waals surface area contributed by atoms with Gasteiger partial charge in [-0.3, -0.25) is 4.79 Å². The summed E-state index contributed by atoms with van der Waals surface area (Å²) < 4.78 is 19.5. The van der Waals surface area contributed by atoms with Crippen molar-refractivity contribution in [2.45, 2.75) is 5.03 Å². The van der Waals surface area contributed by atoms with Crippen LogP contribution in [0.5, 0.6) is 0 Å². The average molecular weight is 526 g/mol. The van der Waals surface area contributed by atoms with Gasteiger partial charge in [0.25, 0.3) is 0 Å². The minimum Gasteiger partial charge on any atom is -0.465 e. The number of methoxy groups -OCH3 is 1. The Morgan fingerprint density at radius 1 is 1.03 bits per heavy atom. The number of ether oxygens (including phenoxy) is 1. The lowest BCUT2D eigenvalue weighted by Gasteiger charge is -2.10. The molecule has 1 aromatic heterocycles. The molecule has 0 radical (unpaired) electrons. The normalized spacial score (nSPS) is 10.8. The van der Waals surface area contributed by atoms with Crippen LogP contribution in [0.4, 0.5) is 10.1 Å². The minimum absolute atomic E-state index is 0.0567. The van der Waals surface area contributed by atoms with Crippen LogP contribution < -0.4 is 5.32 Å². The predicted octanol–water partition coefficient (Wildman–Crippen LogP) is 5.72. The Morgan fingerprint density at radius 2 is 1.76 bits per heavy atom. The molecule has 6 nitrogen and oxygen atoms in total. The van der Waals surface area contributed by atoms with E-state index in [1.165, 1.54) is 31.0 Å². The SMILES string of the molecule is COC(=O)c1ccc(NC(=O)CSc2nc(-c3ccc(Br)cc3)nc3ccc(F)cc23)cc1. The van der Waals surface area contributed by atoms with Crippen LogP contribution in [0, 0.1) is 5.82 Å². The van der Waals surface area contributed by atoms with Crippen LogP contribution in [0.3, 0.4) is 0 Å². The number of nitrogens with zero attached hydrogens (tertiary/aromatic N) is 2. The number of benzene rings is 3. The van der Waals surface area contributed by atoms with Gasteiger partial charge in [0.1, 0.15) is 10.8 Å². The molecule has 1 N–H and O–H groups in total. The smallest absolute Gasteiger partial charge is 0.337 e. The Balaban J connectivity index is 1.54. The van der Waals surface area contributed by atoms with Gasteiger partial charge in [0, 0.05) is 21.1 Å². The first-order valence-corrected chi connectivity index (χ1v) is 11.5. The van der Waals surface area contributed by atoms with E-state index in [2.05, 4.69) is 36.0 Å². The molecule has 0 saturated carbocycles. The first-order valence-electron chi connectivity index (χ1n) is 9.77. The zero-order valence-corrected chi connectivity index (χ0v) is 19.7. The number of fused-ring (bicyclic) bond motifs is 1. The summed E-state index contributed by atoms with van der Waals surface area (Å²) in [6.45, 7) is 0. The summed E-state index contributed by atoms with van der Waals surface area (Å²) in [5.41, 5.74) is 2.33. The quantitative estimate of drug-likeness (QED) is 0.197. The topological polar surface area (TPSA) is 81.2 Å². The Bertz CT molecular complexity index is 1330. The highest BCUT2D eigenvalue weighted by Gasteiger charge is 2.13. The highest BCUT2D eigenvalue weighted by molar-refractivity contribution is 9.10. The third-order valence-electron chi connectivity index (χ3n) is 4.65. The third kappa shape index (κ3) is 5.55. The molecule has 0 unspecified atom stereocenters. The third-order valence-corrected chi connectivity index (χ3v) is 6.17. The summed E-state index contributed by atoms with van der Waals surface area (Å²) in [4.78, 5) is 33.2. The lowest BCUT2D eigenvalue weighted by atomic mass is 10.2. The molecule has 0 aliphatic heterocycles. The summed E-state index contributed by atoms with van der Waals surface area (Å²) in [5.74, 6) is -0.573. The second-order valence-electron chi connectivity index (χ2n) is 6.93. The molecule has 0 aliphatic rings. The van der Waals surface area contributed by atoms with Crippen molar-refractivity contribution in [3.05, 3.63) is 82.6 Å². The van der Waals surface area contributed by atoms with E-state index in [9.17, 15) is 14.0 Å². The maximum absolute atomic E-state index is 13.9. The number of hydrogen-bond acceptors (Lipinski definition) is 6. The van der Waals surface area contributed by atoms with Gasteiger partial charge in [0.15, 0.2) is 5.82 Å². The first kappa shape index (κ1) is 22.9. The summed E-state index contributed by atoms with van der Waals surface area (Å²) in [6.07, 6.45) is 0. The van der Waals surface area contributed by atoms with Gasteiger partial charge >= 0.3 is 5.97 Å². The molecule has 4 rings (SSSR count). The molecule has 1 heterocycles. The van der Waals surface area contributed by atoms with Crippen molar-refractivity contribution in [1.82, 2.24) is 9.97 Å². The number of halogens is 2. The maximum atomic E-state index is 13.9. The second kappa shape index (κ2) is 10.1. The van der Waals surface area contributed by atoms with Gasteiger partial charge in [-0.1, -0.05) is 39.8 Å². The van der Waals surface area contributed by atoms with E-state index in [0.29, 0.717) is 33.0 Å². The molecule has 1 amide bonds. The molecular weight excluding hydrogens is 509 g/mol. The number of anilines is 1. The van der Waals surface area contributed by atoms with Crippen molar-refractivity contribution in [1.29, 1.82) is 0 Å². The van der Waals surface area contributed by atoms with Gasteiger partial charge in [-0.15, -0.1) is 0 Å². The molecule has 0 bridgehead atoms. The number of carbonyl (C=O) groups is 2. The molecule has 166 valence electrons. The monoisotopic (exact) mass is 525 g/mol. The lowest BCUT2D eigenvalue weighted by molar-refractivity contribution is -0.113. The number of amides is 1. The van der Waals surface area contributed by atoms with E-state index in [4.69, 9.17) is 0 Å². The van der Waals surface area contributed by atoms with Crippen LogP contribution in [0.2, 0.25) is 0 Å². The van der Waals surface area contributed by atoms with E-state index in [-0.39, 0.29) is 11.7 Å². The summed E-state index contributed by atoms with van der Waals surface area (Å²) in [7, 11) is 1.31.